The van der Waals surface area contributed by atoms with E-state index in [1.807, 2.05) is 0 Å². The molecule has 9 heteroatoms. The average Bonchev–Trinajstić information content (AvgIpc) is 2.51. The molecule has 0 saturated carbocycles. The summed E-state index contributed by atoms with van der Waals surface area (Å²) in [7, 11) is -4.34. The van der Waals surface area contributed by atoms with Crippen molar-refractivity contribution in [3.8, 4) is 0 Å². The third-order valence-electron chi connectivity index (χ3n) is 3.17. The van der Waals surface area contributed by atoms with Gasteiger partial charge in [0.2, 0.25) is 0 Å². The van der Waals surface area contributed by atoms with E-state index in [0.29, 0.717) is 12.1 Å². The minimum atomic E-state index is -4.34. The normalized spacial score (nSPS) is 12.2. The molecule has 132 valence electrons. The zero-order valence-electron chi connectivity index (χ0n) is 12.5. The monoisotopic (exact) mass is 373 g/mol. The summed E-state index contributed by atoms with van der Waals surface area (Å²) in [6, 6.07) is 5.03. The molecule has 0 aliphatic heterocycles. The average molecular weight is 373 g/mol. The Kier molecular flexibility index (Phi) is 5.27. The van der Waals surface area contributed by atoms with Gasteiger partial charge in [-0.1, -0.05) is 12.1 Å². The first-order valence-corrected chi connectivity index (χ1v) is 8.38. The summed E-state index contributed by atoms with van der Waals surface area (Å²) >= 11 is 0. The summed E-state index contributed by atoms with van der Waals surface area (Å²) in [5.41, 5.74) is 4.52. The number of nitrogens with two attached hydrogens (primary N) is 1. The molecule has 0 unspecified atom stereocenters. The highest BCUT2D eigenvalue weighted by molar-refractivity contribution is 7.95. The van der Waals surface area contributed by atoms with Crippen LogP contribution in [0.4, 0.5) is 17.6 Å². The molecule has 2 rings (SSSR count). The molecule has 0 aliphatic rings. The Morgan fingerprint density at radius 2 is 1.52 bits per heavy atom. The molecule has 0 saturated heterocycles. The Bertz CT molecular complexity index is 954. The highest BCUT2D eigenvalue weighted by Crippen LogP contribution is 2.21. The third-order valence-corrected chi connectivity index (χ3v) is 4.88. The first-order valence-electron chi connectivity index (χ1n) is 6.73. The van der Waals surface area contributed by atoms with Crippen molar-refractivity contribution < 1.29 is 30.8 Å². The number of halogens is 4. The maximum atomic E-state index is 13.7. The maximum absolute atomic E-state index is 13.7. The zero-order chi connectivity index (χ0) is 18.8. The maximum Gasteiger partial charge on any atom is 0.260 e. The van der Waals surface area contributed by atoms with Gasteiger partial charge < -0.3 is 5.73 Å². The van der Waals surface area contributed by atoms with Crippen LogP contribution in [-0.2, 0) is 20.4 Å². The van der Waals surface area contributed by atoms with Crippen LogP contribution in [0.15, 0.2) is 41.3 Å². The summed E-state index contributed by atoms with van der Waals surface area (Å²) < 4.78 is 77.4. The van der Waals surface area contributed by atoms with Crippen LogP contribution in [0.2, 0.25) is 0 Å². The second-order valence-electron chi connectivity index (χ2n) is 5.05. The molecule has 0 spiro atoms. The molecular formula is C16H11F4NO3S. The molecule has 0 bridgehead atoms. The van der Waals surface area contributed by atoms with Gasteiger partial charge in [-0.15, -0.1) is 0 Å². The predicted molar refractivity (Wildman–Crippen MR) is 82.5 cm³/mol. The van der Waals surface area contributed by atoms with E-state index in [4.69, 9.17) is 5.73 Å². The topological polar surface area (TPSA) is 77.2 Å². The summed E-state index contributed by atoms with van der Waals surface area (Å²) in [6.07, 6.45) is 0.527. The molecule has 0 atom stereocenters. The number of carbonyl (C=O) groups is 1. The Labute approximate surface area is 140 Å². The lowest BCUT2D eigenvalue weighted by molar-refractivity contribution is -0.113. The lowest BCUT2D eigenvalue weighted by Crippen LogP contribution is -2.22. The van der Waals surface area contributed by atoms with Gasteiger partial charge in [0.1, 0.15) is 16.5 Å². The minimum absolute atomic E-state index is 0.152. The van der Waals surface area contributed by atoms with E-state index in [2.05, 4.69) is 0 Å². The van der Waals surface area contributed by atoms with Crippen LogP contribution in [0.5, 0.6) is 0 Å². The Balaban J connectivity index is 2.48. The second-order valence-corrected chi connectivity index (χ2v) is 7.00. The number of hydrogen-bond donors (Lipinski definition) is 1. The largest absolute Gasteiger partial charge is 0.365 e. The quantitative estimate of drug-likeness (QED) is 0.497. The molecular weight excluding hydrogens is 362 g/mol. The van der Waals surface area contributed by atoms with Crippen molar-refractivity contribution in [2.45, 2.75) is 5.75 Å². The molecule has 2 aromatic rings. The summed E-state index contributed by atoms with van der Waals surface area (Å²) in [5.74, 6) is -6.86. The van der Waals surface area contributed by atoms with Gasteiger partial charge in [-0.2, -0.15) is 0 Å². The number of benzene rings is 2. The van der Waals surface area contributed by atoms with Crippen LogP contribution in [0.3, 0.4) is 0 Å². The van der Waals surface area contributed by atoms with Crippen molar-refractivity contribution >= 4 is 21.8 Å². The van der Waals surface area contributed by atoms with Crippen molar-refractivity contribution in [1.29, 1.82) is 0 Å². The van der Waals surface area contributed by atoms with Crippen molar-refractivity contribution in [3.63, 3.8) is 0 Å². The highest BCUT2D eigenvalue weighted by atomic mass is 32.2. The van der Waals surface area contributed by atoms with E-state index in [1.165, 1.54) is 12.1 Å². The van der Waals surface area contributed by atoms with Crippen molar-refractivity contribution in [1.82, 2.24) is 0 Å². The Morgan fingerprint density at radius 1 is 0.960 bits per heavy atom. The van der Waals surface area contributed by atoms with Gasteiger partial charge in [0.15, 0.2) is 21.5 Å². The van der Waals surface area contributed by atoms with Crippen LogP contribution in [0.25, 0.3) is 6.08 Å². The van der Waals surface area contributed by atoms with Gasteiger partial charge in [0.25, 0.3) is 5.91 Å². The molecule has 0 aromatic heterocycles. The molecule has 0 radical (unpaired) electrons. The first-order chi connectivity index (χ1) is 11.6. The second kappa shape index (κ2) is 7.06. The van der Waals surface area contributed by atoms with Gasteiger partial charge in [-0.25, -0.2) is 26.0 Å². The summed E-state index contributed by atoms with van der Waals surface area (Å²) in [4.78, 5) is 10.5. The van der Waals surface area contributed by atoms with Crippen molar-refractivity contribution in [3.05, 3.63) is 75.7 Å². The number of rotatable bonds is 5. The number of primary amides is 1. The predicted octanol–water partition coefficient (Wildman–Crippen LogP) is 2.68. The molecule has 0 aliphatic carbocycles. The smallest absolute Gasteiger partial charge is 0.260 e. The number of sulfone groups is 1. The van der Waals surface area contributed by atoms with Crippen molar-refractivity contribution in [2.24, 2.45) is 5.73 Å². The van der Waals surface area contributed by atoms with Gasteiger partial charge in [-0.3, -0.25) is 4.79 Å². The van der Waals surface area contributed by atoms with E-state index >= 15 is 0 Å². The molecule has 0 fully saturated rings. The standard InChI is InChI=1S/C16H11F4NO3S/c17-11-3-1-9(2-4-11)8-25(23,24)15(16(21)22)6-10-5-13(19)14(20)7-12(10)18/h1-7H,8H2,(H2,21,22)/b15-6-. The molecule has 2 aromatic carbocycles. The molecule has 2 N–H and O–H groups in total. The zero-order valence-corrected chi connectivity index (χ0v) is 13.3. The molecule has 25 heavy (non-hydrogen) atoms. The number of amides is 1. The third kappa shape index (κ3) is 4.44. The fourth-order valence-corrected chi connectivity index (χ4v) is 3.38. The van der Waals surface area contributed by atoms with E-state index in [1.54, 1.807) is 0 Å². The lowest BCUT2D eigenvalue weighted by Gasteiger charge is -2.07. The molecule has 0 heterocycles. The first kappa shape index (κ1) is 18.7. The summed E-state index contributed by atoms with van der Waals surface area (Å²) in [5, 5.41) is 0. The molecule has 1 amide bonds. The van der Waals surface area contributed by atoms with E-state index in [9.17, 15) is 30.8 Å². The minimum Gasteiger partial charge on any atom is -0.365 e. The number of hydrogen-bond acceptors (Lipinski definition) is 3. The van der Waals surface area contributed by atoms with Gasteiger partial charge in [0.05, 0.1) is 5.75 Å². The van der Waals surface area contributed by atoms with Crippen LogP contribution in [-0.4, -0.2) is 14.3 Å². The Morgan fingerprint density at radius 3 is 2.08 bits per heavy atom. The van der Waals surface area contributed by atoms with E-state index < -0.39 is 55.2 Å². The van der Waals surface area contributed by atoms with Crippen LogP contribution < -0.4 is 5.73 Å². The fourth-order valence-electron chi connectivity index (χ4n) is 1.98. The van der Waals surface area contributed by atoms with Crippen molar-refractivity contribution in [2.75, 3.05) is 0 Å². The van der Waals surface area contributed by atoms with Crippen LogP contribution in [0.1, 0.15) is 11.1 Å². The van der Waals surface area contributed by atoms with Crippen LogP contribution in [0, 0.1) is 23.3 Å². The van der Waals surface area contributed by atoms with E-state index in [0.717, 1.165) is 12.1 Å². The lowest BCUT2D eigenvalue weighted by atomic mass is 10.2. The summed E-state index contributed by atoms with van der Waals surface area (Å²) in [6.45, 7) is 0. The van der Waals surface area contributed by atoms with Crippen LogP contribution >= 0.6 is 0 Å². The van der Waals surface area contributed by atoms with Gasteiger partial charge in [-0.05, 0) is 29.8 Å². The molecule has 4 nitrogen and oxygen atoms in total. The Hall–Kier alpha value is -2.68. The SMILES string of the molecule is NC(=O)/C(=C/c1cc(F)c(F)cc1F)S(=O)(=O)Cc1ccc(F)cc1. The van der Waals surface area contributed by atoms with E-state index in [-0.39, 0.29) is 11.6 Å². The fraction of sp³-hybridized carbons (Fsp3) is 0.0625. The van der Waals surface area contributed by atoms with Gasteiger partial charge >= 0.3 is 0 Å². The van der Waals surface area contributed by atoms with Gasteiger partial charge in [0, 0.05) is 11.6 Å². The number of carbonyl (C=O) groups excluding carboxylic acids is 1. The highest BCUT2D eigenvalue weighted by Gasteiger charge is 2.24.